The minimum atomic E-state index is -1.28. The quantitative estimate of drug-likeness (QED) is 0.294. The minimum Gasteiger partial charge on any atom is -0.494 e. The average Bonchev–Trinajstić information content (AvgIpc) is 3.05. The van der Waals surface area contributed by atoms with Gasteiger partial charge in [-0.15, -0.1) is 0 Å². The summed E-state index contributed by atoms with van der Waals surface area (Å²) < 4.78 is 16.8. The lowest BCUT2D eigenvalue weighted by molar-refractivity contribution is -0.138. The van der Waals surface area contributed by atoms with Gasteiger partial charge < -0.3 is 29.5 Å². The molecule has 0 spiro atoms. The Kier molecular flexibility index (Phi) is 9.85. The number of hydrogen-bond acceptors (Lipinski definition) is 8. The third-order valence-corrected chi connectivity index (χ3v) is 7.13. The lowest BCUT2D eigenvalue weighted by Gasteiger charge is -2.33. The molecule has 2 aromatic rings. The number of imide groups is 1. The molecule has 2 N–H and O–H groups in total. The van der Waals surface area contributed by atoms with Gasteiger partial charge in [-0.2, -0.15) is 0 Å². The second kappa shape index (κ2) is 13.3. The number of nitrogens with one attached hydrogen (secondary N) is 1. The molecule has 41 heavy (non-hydrogen) atoms. The van der Waals surface area contributed by atoms with E-state index in [1.807, 2.05) is 54.6 Å². The number of carbonyl (C=O) groups excluding carboxylic acids is 3. The maximum Gasteiger partial charge on any atom is 0.325 e. The smallest absolute Gasteiger partial charge is 0.325 e. The Labute approximate surface area is 240 Å². The zero-order valence-corrected chi connectivity index (χ0v) is 24.0. The van der Waals surface area contributed by atoms with Crippen molar-refractivity contribution in [2.45, 2.75) is 38.0 Å². The van der Waals surface area contributed by atoms with Gasteiger partial charge in [0.25, 0.3) is 5.91 Å². The SMILES string of the molecule is COCC(=O)N1CCN(Cc2ccc(OCCCN3C(=O)NC(C)(C)C3=O)cc2)C[C@](O)(COc2ccccc2)C1. The van der Waals surface area contributed by atoms with E-state index in [1.54, 1.807) is 18.7 Å². The summed E-state index contributed by atoms with van der Waals surface area (Å²) in [6, 6.07) is 16.6. The molecule has 2 heterocycles. The highest BCUT2D eigenvalue weighted by atomic mass is 16.5. The van der Waals surface area contributed by atoms with Crippen LogP contribution in [0.15, 0.2) is 54.6 Å². The third-order valence-electron chi connectivity index (χ3n) is 7.13. The van der Waals surface area contributed by atoms with Crippen molar-refractivity contribution in [1.29, 1.82) is 0 Å². The molecular weight excluding hydrogens is 528 g/mol. The molecule has 0 unspecified atom stereocenters. The summed E-state index contributed by atoms with van der Waals surface area (Å²) in [5.41, 5.74) is -1.12. The molecule has 11 nitrogen and oxygen atoms in total. The highest BCUT2D eigenvalue weighted by Crippen LogP contribution is 2.21. The fourth-order valence-electron chi connectivity index (χ4n) is 5.01. The number of aliphatic hydroxyl groups is 1. The molecule has 2 aliphatic rings. The first-order valence-corrected chi connectivity index (χ1v) is 13.8. The highest BCUT2D eigenvalue weighted by Gasteiger charge is 2.43. The lowest BCUT2D eigenvalue weighted by Crippen LogP contribution is -2.52. The minimum absolute atomic E-state index is 0.0409. The van der Waals surface area contributed by atoms with Crippen LogP contribution in [0.25, 0.3) is 0 Å². The van der Waals surface area contributed by atoms with Gasteiger partial charge in [-0.25, -0.2) is 4.79 Å². The van der Waals surface area contributed by atoms with Gasteiger partial charge in [-0.05, 0) is 50.1 Å². The van der Waals surface area contributed by atoms with Crippen LogP contribution >= 0.6 is 0 Å². The molecule has 1 atom stereocenters. The first-order chi connectivity index (χ1) is 19.6. The van der Waals surface area contributed by atoms with E-state index in [1.165, 1.54) is 12.0 Å². The van der Waals surface area contributed by atoms with Gasteiger partial charge >= 0.3 is 6.03 Å². The molecule has 0 bridgehead atoms. The number of rotatable bonds is 12. The van der Waals surface area contributed by atoms with E-state index in [9.17, 15) is 19.5 Å². The number of hydrogen-bond donors (Lipinski definition) is 2. The summed E-state index contributed by atoms with van der Waals surface area (Å²) in [5, 5.41) is 14.3. The number of nitrogens with zero attached hydrogens (tertiary/aromatic N) is 3. The number of amides is 4. The fraction of sp³-hybridized carbons (Fsp3) is 0.500. The second-order valence-electron chi connectivity index (χ2n) is 11.1. The Bertz CT molecular complexity index is 1190. The molecule has 2 fully saturated rings. The van der Waals surface area contributed by atoms with E-state index >= 15 is 0 Å². The van der Waals surface area contributed by atoms with Crippen molar-refractivity contribution in [3.05, 3.63) is 60.2 Å². The van der Waals surface area contributed by atoms with Crippen LogP contribution in [0.1, 0.15) is 25.8 Å². The summed E-state index contributed by atoms with van der Waals surface area (Å²) in [6.45, 7) is 6.12. The highest BCUT2D eigenvalue weighted by molar-refractivity contribution is 6.06. The van der Waals surface area contributed by atoms with Gasteiger partial charge in [0.1, 0.15) is 35.9 Å². The zero-order valence-electron chi connectivity index (χ0n) is 24.0. The largest absolute Gasteiger partial charge is 0.494 e. The number of β-amino-alcohol motifs (C(OH)–C–C–N with tert-alkyl or cyclic N) is 1. The summed E-state index contributed by atoms with van der Waals surface area (Å²) in [4.78, 5) is 41.9. The third kappa shape index (κ3) is 8.18. The van der Waals surface area contributed by atoms with Gasteiger partial charge in [0.15, 0.2) is 0 Å². The van der Waals surface area contributed by atoms with Crippen molar-refractivity contribution in [2.24, 2.45) is 0 Å². The van der Waals surface area contributed by atoms with Gasteiger partial charge in [0, 0.05) is 39.8 Å². The molecule has 0 radical (unpaired) electrons. The van der Waals surface area contributed by atoms with Gasteiger partial charge in [0.05, 0.1) is 13.2 Å². The van der Waals surface area contributed by atoms with Crippen LogP contribution in [0.3, 0.4) is 0 Å². The molecule has 0 aromatic heterocycles. The average molecular weight is 569 g/mol. The Morgan fingerprint density at radius 3 is 2.34 bits per heavy atom. The van der Waals surface area contributed by atoms with E-state index in [0.29, 0.717) is 57.3 Å². The molecule has 2 saturated heterocycles. The van der Waals surface area contributed by atoms with Crippen molar-refractivity contribution < 1.29 is 33.7 Å². The standard InChI is InChI=1S/C30H40N4O7/c1-29(2)27(36)34(28(37)31-29)14-7-17-40-25-12-10-23(11-13-25)18-32-15-16-33(26(35)19-39-3)21-30(38,20-32)22-41-24-8-5-4-6-9-24/h4-6,8-13,38H,7,14-22H2,1-3H3,(H,31,37)/t30-/m1/s1. The maximum absolute atomic E-state index is 12.6. The Morgan fingerprint density at radius 2 is 1.68 bits per heavy atom. The molecule has 0 saturated carbocycles. The molecule has 4 amide bonds. The number of urea groups is 1. The predicted octanol–water partition coefficient (Wildman–Crippen LogP) is 1.89. The predicted molar refractivity (Wildman–Crippen MR) is 151 cm³/mol. The summed E-state index contributed by atoms with van der Waals surface area (Å²) in [5.74, 6) is 0.935. The van der Waals surface area contributed by atoms with Crippen molar-refractivity contribution in [2.75, 3.05) is 59.7 Å². The van der Waals surface area contributed by atoms with Crippen LogP contribution in [0.5, 0.6) is 11.5 Å². The number of para-hydroxylation sites is 1. The van der Waals surface area contributed by atoms with Crippen LogP contribution in [-0.4, -0.2) is 108 Å². The zero-order chi connectivity index (χ0) is 29.5. The van der Waals surface area contributed by atoms with E-state index in [2.05, 4.69) is 10.2 Å². The Morgan fingerprint density at radius 1 is 0.976 bits per heavy atom. The molecule has 2 aromatic carbocycles. The van der Waals surface area contributed by atoms with Gasteiger partial charge in [0.2, 0.25) is 5.91 Å². The Balaban J connectivity index is 1.31. The van der Waals surface area contributed by atoms with Crippen LogP contribution in [0.2, 0.25) is 0 Å². The first kappa shape index (κ1) is 30.3. The number of carbonyl (C=O) groups is 3. The van der Waals surface area contributed by atoms with Crippen LogP contribution < -0.4 is 14.8 Å². The molecule has 222 valence electrons. The first-order valence-electron chi connectivity index (χ1n) is 13.8. The van der Waals surface area contributed by atoms with Crippen molar-refractivity contribution >= 4 is 17.8 Å². The number of methoxy groups -OCH3 is 1. The molecular formula is C30H40N4O7. The van der Waals surface area contributed by atoms with Crippen molar-refractivity contribution in [1.82, 2.24) is 20.0 Å². The van der Waals surface area contributed by atoms with Crippen molar-refractivity contribution in [3.8, 4) is 11.5 Å². The number of ether oxygens (including phenoxy) is 3. The van der Waals surface area contributed by atoms with E-state index in [-0.39, 0.29) is 37.6 Å². The summed E-state index contributed by atoms with van der Waals surface area (Å²) in [7, 11) is 1.48. The van der Waals surface area contributed by atoms with Gasteiger partial charge in [-0.1, -0.05) is 30.3 Å². The molecule has 4 rings (SSSR count). The van der Waals surface area contributed by atoms with Crippen molar-refractivity contribution in [3.63, 3.8) is 0 Å². The van der Waals surface area contributed by atoms with Crippen LogP contribution in [0.4, 0.5) is 4.79 Å². The maximum atomic E-state index is 12.6. The van der Waals surface area contributed by atoms with E-state index in [0.717, 1.165) is 5.56 Å². The fourth-order valence-corrected chi connectivity index (χ4v) is 5.01. The Hall–Kier alpha value is -3.67. The van der Waals surface area contributed by atoms with E-state index in [4.69, 9.17) is 14.2 Å². The lowest BCUT2D eigenvalue weighted by atomic mass is 10.0. The van der Waals surface area contributed by atoms with Crippen LogP contribution in [-0.2, 0) is 20.9 Å². The molecule has 2 aliphatic heterocycles. The normalized spacial score (nSPS) is 21.0. The summed E-state index contributed by atoms with van der Waals surface area (Å²) in [6.07, 6.45) is 0.521. The van der Waals surface area contributed by atoms with Crippen LogP contribution in [0, 0.1) is 0 Å². The van der Waals surface area contributed by atoms with Gasteiger partial charge in [-0.3, -0.25) is 19.4 Å². The molecule has 0 aliphatic carbocycles. The second-order valence-corrected chi connectivity index (χ2v) is 11.1. The monoisotopic (exact) mass is 568 g/mol. The summed E-state index contributed by atoms with van der Waals surface area (Å²) >= 11 is 0. The molecule has 11 heteroatoms. The number of benzene rings is 2. The van der Waals surface area contributed by atoms with E-state index < -0.39 is 11.1 Å². The topological polar surface area (TPSA) is 121 Å².